The van der Waals surface area contributed by atoms with Crippen LogP contribution in [0.2, 0.25) is 0 Å². The Hall–Kier alpha value is -4.13. The zero-order valence-corrected chi connectivity index (χ0v) is 28.6. The summed E-state index contributed by atoms with van der Waals surface area (Å²) in [5.74, 6) is -0.918. The van der Waals surface area contributed by atoms with Crippen molar-refractivity contribution >= 4 is 29.2 Å². The van der Waals surface area contributed by atoms with Crippen LogP contribution in [0.4, 0.5) is 11.4 Å². The number of piperidine rings is 2. The number of para-hydroxylation sites is 1. The van der Waals surface area contributed by atoms with Crippen LogP contribution in [-0.2, 0) is 30.0 Å². The molecule has 1 aliphatic carbocycles. The average Bonchev–Trinajstić information content (AvgIpc) is 3.77. The van der Waals surface area contributed by atoms with Gasteiger partial charge in [0.1, 0.15) is 5.75 Å². The minimum Gasteiger partial charge on any atom is -0.506 e. The molecule has 12 nitrogen and oxygen atoms in total. The lowest BCUT2D eigenvalue weighted by Crippen LogP contribution is -2.75. The van der Waals surface area contributed by atoms with E-state index in [1.807, 2.05) is 26.1 Å². The van der Waals surface area contributed by atoms with E-state index in [4.69, 9.17) is 9.47 Å². The number of anilines is 2. The highest BCUT2D eigenvalue weighted by Crippen LogP contribution is 2.75. The van der Waals surface area contributed by atoms with Gasteiger partial charge in [-0.3, -0.25) is 29.1 Å². The third kappa shape index (κ3) is 2.90. The lowest BCUT2D eigenvalue weighted by atomic mass is 9.51. The van der Waals surface area contributed by atoms with Crippen LogP contribution >= 0.6 is 0 Å². The minimum absolute atomic E-state index is 0.113. The number of hydrogen-bond donors (Lipinski definition) is 3. The lowest BCUT2D eigenvalue weighted by molar-refractivity contribution is -0.206. The van der Waals surface area contributed by atoms with Crippen LogP contribution in [0.1, 0.15) is 75.0 Å². The van der Waals surface area contributed by atoms with Gasteiger partial charge in [-0.2, -0.15) is 0 Å². The van der Waals surface area contributed by atoms with Crippen LogP contribution in [0.25, 0.3) is 0 Å². The molecule has 2 spiro atoms. The number of esters is 1. The molecule has 7 atom stereocenters. The van der Waals surface area contributed by atoms with Gasteiger partial charge in [0, 0.05) is 31.5 Å². The van der Waals surface area contributed by atoms with Gasteiger partial charge in [0.25, 0.3) is 0 Å². The molecule has 1 saturated carbocycles. The van der Waals surface area contributed by atoms with E-state index in [2.05, 4.69) is 22.0 Å². The molecule has 4 saturated heterocycles. The molecule has 0 radical (unpaired) electrons. The zero-order chi connectivity index (χ0) is 34.7. The number of hydrogen-bond acceptors (Lipinski definition) is 10. The first kappa shape index (κ1) is 30.7. The average molecular weight is 683 g/mol. The fourth-order valence-corrected chi connectivity index (χ4v) is 12.7. The Balaban J connectivity index is 1.33. The Bertz CT molecular complexity index is 1980. The molecular weight excluding hydrogens is 640 g/mol. The largest absolute Gasteiger partial charge is 0.506 e. The normalized spacial score (nSPS) is 39.0. The molecule has 2 amide bonds. The number of likely N-dealkylation sites (N-methyl/N-ethyl adjacent to an activating group) is 1. The van der Waals surface area contributed by atoms with E-state index in [9.17, 15) is 29.7 Å². The third-order valence-corrected chi connectivity index (χ3v) is 14.3. The van der Waals surface area contributed by atoms with E-state index in [1.165, 1.54) is 18.1 Å². The molecule has 2 aromatic carbocycles. The fourth-order valence-electron chi connectivity index (χ4n) is 12.7. The monoisotopic (exact) mass is 682 g/mol. The number of rotatable bonds is 3. The Labute approximate surface area is 289 Å². The smallest absolute Gasteiger partial charge is 0.308 e. The summed E-state index contributed by atoms with van der Waals surface area (Å²) in [6.45, 7) is 3.59. The van der Waals surface area contributed by atoms with Crippen molar-refractivity contribution in [3.8, 4) is 17.2 Å². The quantitative estimate of drug-likeness (QED) is 0.327. The van der Waals surface area contributed by atoms with E-state index < -0.39 is 39.8 Å². The second-order valence-electron chi connectivity index (χ2n) is 15.7. The van der Waals surface area contributed by atoms with E-state index in [0.29, 0.717) is 74.1 Å². The van der Waals surface area contributed by atoms with Crippen molar-refractivity contribution in [2.24, 2.45) is 5.41 Å². The molecule has 262 valence electrons. The molecule has 5 fully saturated rings. The number of likely N-dealkylation sites (tertiary alicyclic amines) is 1. The van der Waals surface area contributed by atoms with Crippen molar-refractivity contribution in [3.05, 3.63) is 53.1 Å². The summed E-state index contributed by atoms with van der Waals surface area (Å²) in [6, 6.07) is 6.21. The first-order valence-corrected chi connectivity index (χ1v) is 18.0. The fraction of sp³-hybridized carbons (Fsp3) is 0.553. The van der Waals surface area contributed by atoms with Crippen LogP contribution in [-0.4, -0.2) is 100 Å². The number of benzene rings is 2. The SMILES string of the molecule is CCC(=O)N1c2c(cc([C@@]34CCN(C)C5CCC(=O)N(c6c(O)cccc63)[C@]54O)c(OC)c2O)[C@]23CCN4CC=C[C@@]5(CC[C@@H]12)CC(=O)O[C@@]453. The van der Waals surface area contributed by atoms with Crippen molar-refractivity contribution < 1.29 is 39.2 Å². The van der Waals surface area contributed by atoms with E-state index >= 15 is 0 Å². The van der Waals surface area contributed by atoms with Crippen LogP contribution < -0.4 is 14.5 Å². The predicted octanol–water partition coefficient (Wildman–Crippen LogP) is 2.99. The number of aromatic hydroxyl groups is 2. The van der Waals surface area contributed by atoms with Crippen molar-refractivity contribution in [1.82, 2.24) is 9.80 Å². The first-order valence-electron chi connectivity index (χ1n) is 18.0. The molecule has 10 rings (SSSR count). The van der Waals surface area contributed by atoms with Gasteiger partial charge in [-0.15, -0.1) is 0 Å². The van der Waals surface area contributed by atoms with Gasteiger partial charge >= 0.3 is 5.97 Å². The van der Waals surface area contributed by atoms with Crippen LogP contribution in [0, 0.1) is 5.41 Å². The van der Waals surface area contributed by atoms with Gasteiger partial charge in [-0.25, -0.2) is 0 Å². The lowest BCUT2D eigenvalue weighted by Gasteiger charge is -2.60. The molecule has 0 aromatic heterocycles. The highest BCUT2D eigenvalue weighted by molar-refractivity contribution is 6.03. The van der Waals surface area contributed by atoms with Gasteiger partial charge < -0.3 is 29.7 Å². The first-order chi connectivity index (χ1) is 24.0. The highest BCUT2D eigenvalue weighted by atomic mass is 16.6. The van der Waals surface area contributed by atoms with Crippen LogP contribution in [0.15, 0.2) is 36.4 Å². The molecule has 8 aliphatic rings. The van der Waals surface area contributed by atoms with E-state index in [0.717, 1.165) is 0 Å². The van der Waals surface area contributed by atoms with E-state index in [1.54, 1.807) is 11.0 Å². The maximum Gasteiger partial charge on any atom is 0.308 e. The number of ether oxygens (including phenoxy) is 2. The van der Waals surface area contributed by atoms with E-state index in [-0.39, 0.29) is 60.0 Å². The summed E-state index contributed by atoms with van der Waals surface area (Å²) in [4.78, 5) is 49.0. The molecule has 3 N–H and O–H groups in total. The summed E-state index contributed by atoms with van der Waals surface area (Å²) in [5, 5.41) is 37.4. The van der Waals surface area contributed by atoms with Gasteiger partial charge in [0.05, 0.1) is 53.2 Å². The molecule has 7 heterocycles. The number of phenols is 2. The van der Waals surface area contributed by atoms with Gasteiger partial charge in [-0.1, -0.05) is 31.2 Å². The molecule has 7 aliphatic heterocycles. The van der Waals surface area contributed by atoms with Gasteiger partial charge in [0.2, 0.25) is 11.8 Å². The minimum atomic E-state index is -1.84. The molecular formula is C38H42N4O8. The number of nitrogens with zero attached hydrogens (tertiary/aromatic N) is 4. The summed E-state index contributed by atoms with van der Waals surface area (Å²) >= 11 is 0. The van der Waals surface area contributed by atoms with Crippen molar-refractivity contribution in [2.75, 3.05) is 43.6 Å². The molecule has 0 bridgehead atoms. The second-order valence-corrected chi connectivity index (χ2v) is 15.7. The predicted molar refractivity (Wildman–Crippen MR) is 180 cm³/mol. The Kier molecular flexibility index (Phi) is 5.76. The zero-order valence-electron chi connectivity index (χ0n) is 28.6. The van der Waals surface area contributed by atoms with Crippen molar-refractivity contribution in [2.45, 2.75) is 92.7 Å². The number of carbonyl (C=O) groups is 3. The summed E-state index contributed by atoms with van der Waals surface area (Å²) in [6.07, 6.45) is 7.53. The van der Waals surface area contributed by atoms with Gasteiger partial charge in [-0.05, 0) is 69.0 Å². The number of fused-ring (bicyclic) bond motifs is 4. The summed E-state index contributed by atoms with van der Waals surface area (Å²) in [5.41, 5.74) is -3.36. The standard InChI is InChI=1S/C38H42N4O8/c1-4-27(44)41-25-11-13-34-12-6-16-40-18-15-36(25,38(34,40)50-29(46)20-34)22-19-23(33(49-3)32(47)31(22)41)35-14-17-39(2)26-9-10-28(45)42(37(26,35)48)30-21(35)7-5-8-24(30)43/h5-8,12,19,25-26,43,47-48H,4,9-11,13-18,20H2,1-3H3/t25-,26?,34-,35-,36-,37+,38+/m1/s1. The highest BCUT2D eigenvalue weighted by Gasteiger charge is 2.82. The molecule has 1 unspecified atom stereocenters. The third-order valence-electron chi connectivity index (χ3n) is 14.3. The number of amides is 2. The summed E-state index contributed by atoms with van der Waals surface area (Å²) in [7, 11) is 3.41. The number of aliphatic hydroxyl groups is 1. The number of phenolic OH excluding ortho intramolecular Hbond substituents is 2. The Morgan fingerprint density at radius 1 is 1.04 bits per heavy atom. The topological polar surface area (TPSA) is 143 Å². The maximum atomic E-state index is 14.1. The second kappa shape index (κ2) is 9.40. The van der Waals surface area contributed by atoms with Crippen molar-refractivity contribution in [1.29, 1.82) is 0 Å². The molecule has 50 heavy (non-hydrogen) atoms. The van der Waals surface area contributed by atoms with Crippen LogP contribution in [0.3, 0.4) is 0 Å². The maximum absolute atomic E-state index is 14.1. The number of carbonyl (C=O) groups excluding carboxylic acids is 3. The van der Waals surface area contributed by atoms with Crippen LogP contribution in [0.5, 0.6) is 17.2 Å². The number of methoxy groups -OCH3 is 1. The van der Waals surface area contributed by atoms with Crippen molar-refractivity contribution in [3.63, 3.8) is 0 Å². The molecule has 12 heteroatoms. The van der Waals surface area contributed by atoms with Gasteiger partial charge in [0.15, 0.2) is 22.9 Å². The molecule has 2 aromatic rings. The Morgan fingerprint density at radius 3 is 2.64 bits per heavy atom. The Morgan fingerprint density at radius 2 is 1.86 bits per heavy atom. The summed E-state index contributed by atoms with van der Waals surface area (Å²) < 4.78 is 12.8.